The van der Waals surface area contributed by atoms with Crippen LogP contribution in [-0.4, -0.2) is 45.4 Å². The maximum Gasteiger partial charge on any atom is 0.435 e. The van der Waals surface area contributed by atoms with Gasteiger partial charge < -0.3 is 10.2 Å². The minimum atomic E-state index is -4.79. The maximum absolute atomic E-state index is 14.2. The molecule has 1 atom stereocenters. The smallest absolute Gasteiger partial charge is 0.374 e. The summed E-state index contributed by atoms with van der Waals surface area (Å²) in [5.41, 5.74) is -1.59. The van der Waals surface area contributed by atoms with Crippen molar-refractivity contribution in [3.05, 3.63) is 68.7 Å². The Labute approximate surface area is 198 Å². The molecular formula is C22H19Cl2F3N2O3S. The molecule has 1 fully saturated rings. The molecule has 4 rings (SSSR count). The van der Waals surface area contributed by atoms with Crippen LogP contribution in [0.15, 0.2) is 41.6 Å². The monoisotopic (exact) mass is 518 g/mol. The van der Waals surface area contributed by atoms with E-state index in [1.807, 2.05) is 0 Å². The normalized spacial score (nSPS) is 26.8. The lowest BCUT2D eigenvalue weighted by Crippen LogP contribution is -2.52. The molecule has 0 radical (unpaired) electrons. The van der Waals surface area contributed by atoms with Crippen molar-refractivity contribution in [1.29, 1.82) is 0 Å². The first-order chi connectivity index (χ1) is 15.3. The summed E-state index contributed by atoms with van der Waals surface area (Å²) in [7, 11) is -2.09. The second-order valence-corrected chi connectivity index (χ2v) is 11.8. The van der Waals surface area contributed by atoms with E-state index in [0.29, 0.717) is 28.2 Å². The van der Waals surface area contributed by atoms with Crippen LogP contribution in [0.2, 0.25) is 10.0 Å². The number of hydrogen-bond donors (Lipinski definition) is 1. The highest BCUT2D eigenvalue weighted by Gasteiger charge is 2.62. The molecule has 2 aliphatic heterocycles. The quantitative estimate of drug-likeness (QED) is 0.595. The van der Waals surface area contributed by atoms with Gasteiger partial charge in [-0.25, -0.2) is 0 Å². The molecule has 2 aromatic rings. The highest BCUT2D eigenvalue weighted by atomic mass is 35.5. The number of halogens is 5. The van der Waals surface area contributed by atoms with Crippen LogP contribution in [0.3, 0.4) is 0 Å². The van der Waals surface area contributed by atoms with Gasteiger partial charge in [0.05, 0.1) is 11.8 Å². The number of hydrogen-bond acceptors (Lipinski definition) is 4. The van der Waals surface area contributed by atoms with E-state index in [0.717, 1.165) is 12.1 Å². The van der Waals surface area contributed by atoms with Crippen LogP contribution >= 0.6 is 23.2 Å². The maximum atomic E-state index is 14.2. The van der Waals surface area contributed by atoms with Gasteiger partial charge in [-0.1, -0.05) is 34.4 Å². The average Bonchev–Trinajstić information content (AvgIpc) is 3.12. The van der Waals surface area contributed by atoms with Crippen LogP contribution in [0.25, 0.3) is 0 Å². The minimum absolute atomic E-state index is 0.0468. The van der Waals surface area contributed by atoms with Crippen molar-refractivity contribution < 1.29 is 27.0 Å². The highest BCUT2D eigenvalue weighted by Crippen LogP contribution is 2.49. The fourth-order valence-electron chi connectivity index (χ4n) is 3.97. The van der Waals surface area contributed by atoms with E-state index in [4.69, 9.17) is 28.0 Å². The van der Waals surface area contributed by atoms with Crippen molar-refractivity contribution in [2.75, 3.05) is 11.5 Å². The predicted octanol–water partition coefficient (Wildman–Crippen LogP) is 4.71. The Morgan fingerprint density at radius 2 is 1.85 bits per heavy atom. The summed E-state index contributed by atoms with van der Waals surface area (Å²) in [4.78, 5) is 17.6. The molecule has 1 unspecified atom stereocenters. The zero-order valence-electron chi connectivity index (χ0n) is 17.3. The van der Waals surface area contributed by atoms with Gasteiger partial charge in [0.1, 0.15) is 0 Å². The van der Waals surface area contributed by atoms with Crippen molar-refractivity contribution in [2.24, 2.45) is 5.16 Å². The van der Waals surface area contributed by atoms with Gasteiger partial charge >= 0.3 is 6.18 Å². The van der Waals surface area contributed by atoms with Gasteiger partial charge in [0, 0.05) is 39.1 Å². The number of rotatable bonds is 4. The molecule has 2 aliphatic rings. The molecule has 5 nitrogen and oxygen atoms in total. The number of carbonyl (C=O) groups excluding carboxylic acids is 1. The molecule has 0 spiro atoms. The van der Waals surface area contributed by atoms with Crippen LogP contribution in [0.4, 0.5) is 13.2 Å². The minimum Gasteiger partial charge on any atom is -0.374 e. The van der Waals surface area contributed by atoms with Gasteiger partial charge in [-0.3, -0.25) is 9.00 Å². The van der Waals surface area contributed by atoms with Crippen LogP contribution in [-0.2, 0) is 20.0 Å². The second kappa shape index (κ2) is 8.21. The van der Waals surface area contributed by atoms with Gasteiger partial charge in [-0.05, 0) is 63.8 Å². The second-order valence-electron chi connectivity index (χ2n) is 8.29. The zero-order valence-corrected chi connectivity index (χ0v) is 19.7. The SMILES string of the molecule is C=S1(=O)CC(NC(=O)c2ccc(C3=NOC(c4cc(Cl)cc(Cl)c4)(C(F)(F)F)C3)cc2C)C1. The first-order valence-corrected chi connectivity index (χ1v) is 12.6. The summed E-state index contributed by atoms with van der Waals surface area (Å²) < 4.78 is 54.2. The Morgan fingerprint density at radius 3 is 2.39 bits per heavy atom. The fraction of sp³-hybridized carbons (Fsp3) is 0.318. The van der Waals surface area contributed by atoms with E-state index in [1.54, 1.807) is 13.0 Å². The fourth-order valence-corrected chi connectivity index (χ4v) is 6.04. The summed E-state index contributed by atoms with van der Waals surface area (Å²) in [6.07, 6.45) is -5.38. The van der Waals surface area contributed by atoms with Crippen molar-refractivity contribution in [2.45, 2.75) is 31.2 Å². The molecule has 11 heteroatoms. The molecule has 1 N–H and O–H groups in total. The topological polar surface area (TPSA) is 67.8 Å². The van der Waals surface area contributed by atoms with E-state index in [2.05, 4.69) is 16.3 Å². The predicted molar refractivity (Wildman–Crippen MR) is 124 cm³/mol. The molecule has 1 amide bonds. The number of nitrogens with zero attached hydrogens (tertiary/aromatic N) is 1. The zero-order chi connectivity index (χ0) is 24.2. The van der Waals surface area contributed by atoms with Crippen LogP contribution in [0.1, 0.15) is 33.5 Å². The molecular weight excluding hydrogens is 500 g/mol. The van der Waals surface area contributed by atoms with Crippen molar-refractivity contribution in [3.63, 3.8) is 0 Å². The number of nitrogens with one attached hydrogen (secondary N) is 1. The van der Waals surface area contributed by atoms with Crippen molar-refractivity contribution in [3.8, 4) is 0 Å². The third-order valence-electron chi connectivity index (χ3n) is 5.66. The van der Waals surface area contributed by atoms with E-state index in [-0.39, 0.29) is 33.3 Å². The van der Waals surface area contributed by atoms with Gasteiger partial charge in [0.25, 0.3) is 11.5 Å². The number of aryl methyl sites for hydroxylation is 1. The summed E-state index contributed by atoms with van der Waals surface area (Å²) in [6.45, 7) is 1.67. The molecule has 2 heterocycles. The Bertz CT molecular complexity index is 1250. The van der Waals surface area contributed by atoms with E-state index in [9.17, 15) is 22.2 Å². The van der Waals surface area contributed by atoms with Gasteiger partial charge in [-0.2, -0.15) is 13.2 Å². The summed E-state index contributed by atoms with van der Waals surface area (Å²) in [5, 5.41) is 6.63. The molecule has 1 saturated heterocycles. The summed E-state index contributed by atoms with van der Waals surface area (Å²) in [6, 6.07) is 8.07. The lowest BCUT2D eigenvalue weighted by Gasteiger charge is -2.30. The number of alkyl halides is 3. The summed E-state index contributed by atoms with van der Waals surface area (Å²) >= 11 is 11.9. The molecule has 0 bridgehead atoms. The highest BCUT2D eigenvalue weighted by molar-refractivity contribution is 8.01. The average molecular weight is 519 g/mol. The molecule has 0 aromatic heterocycles. The molecule has 0 aliphatic carbocycles. The van der Waals surface area contributed by atoms with Crippen molar-refractivity contribution in [1.82, 2.24) is 5.32 Å². The first-order valence-electron chi connectivity index (χ1n) is 9.82. The van der Waals surface area contributed by atoms with E-state index in [1.165, 1.54) is 18.2 Å². The third kappa shape index (κ3) is 4.58. The molecule has 0 saturated carbocycles. The van der Waals surface area contributed by atoms with Gasteiger partial charge in [-0.15, -0.1) is 0 Å². The Hall–Kier alpha value is -2.23. The van der Waals surface area contributed by atoms with Gasteiger partial charge in [0.2, 0.25) is 0 Å². The number of benzene rings is 2. The Balaban J connectivity index is 1.57. The lowest BCUT2D eigenvalue weighted by atomic mass is 9.86. The number of oxime groups is 1. The van der Waals surface area contributed by atoms with Crippen LogP contribution in [0.5, 0.6) is 0 Å². The number of carbonyl (C=O) groups is 1. The molecule has 2 aromatic carbocycles. The van der Waals surface area contributed by atoms with Gasteiger partial charge in [0.15, 0.2) is 0 Å². The largest absolute Gasteiger partial charge is 0.435 e. The van der Waals surface area contributed by atoms with E-state index < -0.39 is 27.7 Å². The van der Waals surface area contributed by atoms with Crippen molar-refractivity contribution >= 4 is 50.2 Å². The van der Waals surface area contributed by atoms with E-state index >= 15 is 0 Å². The molecule has 33 heavy (non-hydrogen) atoms. The van der Waals surface area contributed by atoms with Crippen LogP contribution < -0.4 is 5.32 Å². The molecule has 176 valence electrons. The standard InChI is InChI=1S/C22H19Cl2F3N2O3S/c1-12-5-13(3-4-18(12)20(30)28-17-10-33(2,31)11-17)19-9-21(32-29-19,22(25,26)27)14-6-15(23)8-16(24)7-14/h3-8,17H,2,9-11H2,1H3,(H,28,30). The lowest BCUT2D eigenvalue weighted by molar-refractivity contribution is -0.275. The Morgan fingerprint density at radius 1 is 1.21 bits per heavy atom. The third-order valence-corrected chi connectivity index (χ3v) is 8.12. The van der Waals surface area contributed by atoms with Crippen LogP contribution in [0, 0.1) is 6.92 Å². The summed E-state index contributed by atoms with van der Waals surface area (Å²) in [5.74, 6) is 3.91. The Kier molecular flexibility index (Phi) is 5.95. The number of amides is 1. The first kappa shape index (κ1) is 23.9.